The van der Waals surface area contributed by atoms with Crippen LogP contribution in [0.5, 0.6) is 0 Å². The van der Waals surface area contributed by atoms with Crippen LogP contribution < -0.4 is 0 Å². The number of hydrogen-bond donors (Lipinski definition) is 0. The van der Waals surface area contributed by atoms with Gasteiger partial charge in [0.1, 0.15) is 23.4 Å². The van der Waals surface area contributed by atoms with Crippen molar-refractivity contribution in [2.24, 2.45) is 12.0 Å². The lowest BCUT2D eigenvalue weighted by Crippen LogP contribution is -2.51. The van der Waals surface area contributed by atoms with Gasteiger partial charge < -0.3 is 9.80 Å². The SMILES string of the molecule is C/C=C(\N=CCc1nc(-c2cnn(C)c2)cn2ncc(C#N)c12)N1CCN(C(=O)C(c2ccc(C)cc2)N(C)C)CC1. The minimum atomic E-state index is -0.315. The zero-order chi connectivity index (χ0) is 29.8. The molecule has 1 unspecified atom stereocenters. The second-order valence-corrected chi connectivity index (χ2v) is 10.7. The van der Waals surface area contributed by atoms with E-state index in [4.69, 9.17) is 9.98 Å². The van der Waals surface area contributed by atoms with Gasteiger partial charge in [-0.25, -0.2) is 14.5 Å². The molecule has 4 aromatic rings. The fourth-order valence-corrected chi connectivity index (χ4v) is 5.31. The molecule has 0 spiro atoms. The van der Waals surface area contributed by atoms with Gasteiger partial charge in [0.2, 0.25) is 5.91 Å². The Morgan fingerprint density at radius 3 is 2.43 bits per heavy atom. The number of fused-ring (bicyclic) bond motifs is 1. The van der Waals surface area contributed by atoms with Gasteiger partial charge in [0.25, 0.3) is 0 Å². The van der Waals surface area contributed by atoms with E-state index in [1.165, 1.54) is 5.56 Å². The lowest BCUT2D eigenvalue weighted by Gasteiger charge is -2.38. The molecular formula is C31H36N10O. The molecule has 1 aromatic carbocycles. The first-order valence-electron chi connectivity index (χ1n) is 14.0. The van der Waals surface area contributed by atoms with Crippen LogP contribution in [-0.4, -0.2) is 91.5 Å². The first-order valence-corrected chi connectivity index (χ1v) is 14.0. The number of carbonyl (C=O) groups excluding carboxylic acids is 1. The molecule has 11 heteroatoms. The Morgan fingerprint density at radius 1 is 1.10 bits per heavy atom. The molecular weight excluding hydrogens is 528 g/mol. The summed E-state index contributed by atoms with van der Waals surface area (Å²) in [5, 5.41) is 18.3. The van der Waals surface area contributed by atoms with Crippen LogP contribution in [0.4, 0.5) is 0 Å². The number of rotatable bonds is 8. The van der Waals surface area contributed by atoms with Crippen molar-refractivity contribution >= 4 is 17.6 Å². The quantitative estimate of drug-likeness (QED) is 0.302. The van der Waals surface area contributed by atoms with Gasteiger partial charge >= 0.3 is 0 Å². The molecule has 1 saturated heterocycles. The summed E-state index contributed by atoms with van der Waals surface area (Å²) < 4.78 is 3.42. The van der Waals surface area contributed by atoms with E-state index in [2.05, 4.69) is 40.2 Å². The van der Waals surface area contributed by atoms with Crippen LogP contribution in [0.25, 0.3) is 16.8 Å². The van der Waals surface area contributed by atoms with Crippen LogP contribution in [0.1, 0.15) is 35.3 Å². The number of aliphatic imine (C=N–C) groups is 1. The molecule has 0 radical (unpaired) electrons. The number of allylic oxidation sites excluding steroid dienone is 1. The third kappa shape index (κ3) is 5.94. The van der Waals surface area contributed by atoms with Crippen LogP contribution in [-0.2, 0) is 18.3 Å². The number of carbonyl (C=O) groups is 1. The summed E-state index contributed by atoms with van der Waals surface area (Å²) in [6.07, 6.45) is 11.3. The van der Waals surface area contributed by atoms with Gasteiger partial charge in [-0.15, -0.1) is 0 Å². The van der Waals surface area contributed by atoms with E-state index in [1.807, 2.05) is 74.7 Å². The third-order valence-electron chi connectivity index (χ3n) is 7.52. The summed E-state index contributed by atoms with van der Waals surface area (Å²) in [4.78, 5) is 29.3. The Morgan fingerprint density at radius 2 is 1.81 bits per heavy atom. The molecule has 216 valence electrons. The average molecular weight is 565 g/mol. The van der Waals surface area contributed by atoms with Crippen molar-refractivity contribution in [3.63, 3.8) is 0 Å². The Kier molecular flexibility index (Phi) is 8.45. The number of nitriles is 1. The predicted molar refractivity (Wildman–Crippen MR) is 162 cm³/mol. The zero-order valence-electron chi connectivity index (χ0n) is 24.8. The number of aromatic nitrogens is 5. The minimum absolute atomic E-state index is 0.117. The van der Waals surface area contributed by atoms with Gasteiger partial charge in [0.15, 0.2) is 0 Å². The third-order valence-corrected chi connectivity index (χ3v) is 7.52. The van der Waals surface area contributed by atoms with Crippen molar-refractivity contribution in [2.45, 2.75) is 26.3 Å². The van der Waals surface area contributed by atoms with Gasteiger partial charge in [-0.05, 0) is 39.6 Å². The number of piperazine rings is 1. The number of likely N-dealkylation sites (N-methyl/N-ethyl adjacent to an activating group) is 1. The molecule has 0 bridgehead atoms. The number of amides is 1. The lowest BCUT2D eigenvalue weighted by molar-refractivity contribution is -0.137. The highest BCUT2D eigenvalue weighted by Gasteiger charge is 2.30. The number of aryl methyl sites for hydroxylation is 2. The normalized spacial score (nSPS) is 15.1. The van der Waals surface area contributed by atoms with E-state index in [1.54, 1.807) is 21.6 Å². The standard InChI is InChI=1S/C31H36N10O/c1-6-28(39-13-15-40(16-14-39)31(42)30(37(3)4)23-9-7-22(2)8-10-23)33-12-11-26-29-24(17-32)18-35-41(29)21-27(36-26)25-19-34-38(5)20-25/h6-10,12,18-21,30H,11,13-16H2,1-5H3/b28-6+,33-12?. The highest BCUT2D eigenvalue weighted by molar-refractivity contribution is 5.83. The smallest absolute Gasteiger partial charge is 0.244 e. The van der Waals surface area contributed by atoms with E-state index in [0.29, 0.717) is 49.4 Å². The number of nitrogens with zero attached hydrogens (tertiary/aromatic N) is 10. The fourth-order valence-electron chi connectivity index (χ4n) is 5.31. The molecule has 0 N–H and O–H groups in total. The average Bonchev–Trinajstić information content (AvgIpc) is 3.62. The zero-order valence-corrected chi connectivity index (χ0v) is 24.8. The van der Waals surface area contributed by atoms with Crippen molar-refractivity contribution in [2.75, 3.05) is 40.3 Å². The van der Waals surface area contributed by atoms with Crippen molar-refractivity contribution in [1.29, 1.82) is 5.26 Å². The maximum Gasteiger partial charge on any atom is 0.244 e. The summed E-state index contributed by atoms with van der Waals surface area (Å²) in [5.74, 6) is 0.963. The van der Waals surface area contributed by atoms with Gasteiger partial charge in [-0.1, -0.05) is 29.8 Å². The van der Waals surface area contributed by atoms with Crippen LogP contribution in [0.15, 0.2) is 65.9 Å². The summed E-state index contributed by atoms with van der Waals surface area (Å²) in [6.45, 7) is 6.65. The molecule has 1 aliphatic heterocycles. The Hall–Kier alpha value is -4.82. The van der Waals surface area contributed by atoms with Crippen molar-refractivity contribution in [3.8, 4) is 17.3 Å². The molecule has 1 amide bonds. The van der Waals surface area contributed by atoms with Crippen molar-refractivity contribution in [3.05, 3.63) is 83.3 Å². The molecule has 0 saturated carbocycles. The molecule has 11 nitrogen and oxygen atoms in total. The summed E-state index contributed by atoms with van der Waals surface area (Å²) in [5.41, 5.74) is 5.63. The Labute approximate surface area is 246 Å². The van der Waals surface area contributed by atoms with Gasteiger partial charge in [-0.2, -0.15) is 15.5 Å². The minimum Gasteiger partial charge on any atom is -0.353 e. The Bertz CT molecular complexity index is 1660. The first-order chi connectivity index (χ1) is 20.3. The molecule has 3 aromatic heterocycles. The molecule has 1 aliphatic rings. The van der Waals surface area contributed by atoms with Gasteiger partial charge in [0, 0.05) is 57.6 Å². The van der Waals surface area contributed by atoms with Crippen LogP contribution in [0.3, 0.4) is 0 Å². The molecule has 1 atom stereocenters. The Balaban J connectivity index is 1.28. The highest BCUT2D eigenvalue weighted by Crippen LogP contribution is 2.24. The summed E-state index contributed by atoms with van der Waals surface area (Å²) in [6, 6.07) is 10.1. The van der Waals surface area contributed by atoms with Crippen LogP contribution in [0.2, 0.25) is 0 Å². The molecule has 4 heterocycles. The largest absolute Gasteiger partial charge is 0.353 e. The van der Waals surface area contributed by atoms with E-state index in [-0.39, 0.29) is 11.9 Å². The van der Waals surface area contributed by atoms with E-state index < -0.39 is 0 Å². The monoisotopic (exact) mass is 564 g/mol. The second-order valence-electron chi connectivity index (χ2n) is 10.7. The lowest BCUT2D eigenvalue weighted by atomic mass is 10.0. The number of hydrogen-bond acceptors (Lipinski definition) is 8. The number of benzene rings is 1. The molecule has 0 aliphatic carbocycles. The molecule has 1 fully saturated rings. The topological polar surface area (TPSA) is 111 Å². The maximum atomic E-state index is 13.5. The van der Waals surface area contributed by atoms with Gasteiger partial charge in [0.05, 0.1) is 35.5 Å². The van der Waals surface area contributed by atoms with Crippen molar-refractivity contribution in [1.82, 2.24) is 39.1 Å². The summed E-state index contributed by atoms with van der Waals surface area (Å²) in [7, 11) is 5.75. The van der Waals surface area contributed by atoms with Gasteiger partial charge in [-0.3, -0.25) is 14.4 Å². The fraction of sp³-hybridized carbons (Fsp3) is 0.355. The second kappa shape index (κ2) is 12.4. The van der Waals surface area contributed by atoms with Crippen molar-refractivity contribution < 1.29 is 4.79 Å². The van der Waals surface area contributed by atoms with Crippen LogP contribution >= 0.6 is 0 Å². The highest BCUT2D eigenvalue weighted by atomic mass is 16.2. The van der Waals surface area contributed by atoms with E-state index in [0.717, 1.165) is 22.6 Å². The summed E-state index contributed by atoms with van der Waals surface area (Å²) >= 11 is 0. The van der Waals surface area contributed by atoms with E-state index >= 15 is 0 Å². The predicted octanol–water partition coefficient (Wildman–Crippen LogP) is 3.23. The van der Waals surface area contributed by atoms with Crippen LogP contribution in [0, 0.1) is 18.3 Å². The maximum absolute atomic E-state index is 13.5. The molecule has 42 heavy (non-hydrogen) atoms. The first kappa shape index (κ1) is 28.7. The molecule has 5 rings (SSSR count). The van der Waals surface area contributed by atoms with E-state index in [9.17, 15) is 10.1 Å².